The molecule has 1 atom stereocenters. The number of hydrogen-bond donors (Lipinski definition) is 2. The van der Waals surface area contributed by atoms with E-state index in [1.54, 1.807) is 23.9 Å². The first-order chi connectivity index (χ1) is 13.4. The highest BCUT2D eigenvalue weighted by atomic mass is 79.9. The smallest absolute Gasteiger partial charge is 0.253 e. The number of thioether (sulfide) groups is 1. The molecule has 2 aromatic rings. The molecule has 0 fully saturated rings. The highest BCUT2D eigenvalue weighted by Crippen LogP contribution is 2.16. The molecule has 1 aromatic heterocycles. The quantitative estimate of drug-likeness (QED) is 0.526. The Morgan fingerprint density at radius 1 is 1.29 bits per heavy atom. The largest absolute Gasteiger partial charge is 0.354 e. The first kappa shape index (κ1) is 22.5. The van der Waals surface area contributed by atoms with Crippen LogP contribution >= 0.6 is 27.7 Å². The van der Waals surface area contributed by atoms with Crippen LogP contribution in [-0.2, 0) is 11.3 Å². The average Bonchev–Trinajstić information content (AvgIpc) is 2.99. The number of nitrogens with zero attached hydrogens (tertiary/aromatic N) is 2. The van der Waals surface area contributed by atoms with E-state index in [4.69, 9.17) is 0 Å². The summed E-state index contributed by atoms with van der Waals surface area (Å²) in [4.78, 5) is 25.2. The van der Waals surface area contributed by atoms with E-state index in [1.165, 1.54) is 0 Å². The summed E-state index contributed by atoms with van der Waals surface area (Å²) in [5.41, 5.74) is 2.63. The molecule has 0 aliphatic heterocycles. The van der Waals surface area contributed by atoms with Crippen molar-refractivity contribution in [2.45, 2.75) is 39.3 Å². The van der Waals surface area contributed by atoms with Crippen molar-refractivity contribution < 1.29 is 9.59 Å². The van der Waals surface area contributed by atoms with Crippen LogP contribution in [0.1, 0.15) is 34.6 Å². The van der Waals surface area contributed by atoms with E-state index in [2.05, 4.69) is 31.7 Å². The fraction of sp³-hybridized carbons (Fsp3) is 0.450. The molecule has 0 spiro atoms. The maximum atomic E-state index is 12.6. The number of rotatable bonds is 10. The number of carbonyl (C=O) groups is 2. The lowest BCUT2D eigenvalue weighted by Crippen LogP contribution is -2.47. The third-order valence-corrected chi connectivity index (χ3v) is 5.64. The Bertz CT molecular complexity index is 809. The van der Waals surface area contributed by atoms with Gasteiger partial charge in [0, 0.05) is 23.3 Å². The van der Waals surface area contributed by atoms with Crippen molar-refractivity contribution in [3.8, 4) is 0 Å². The van der Waals surface area contributed by atoms with Gasteiger partial charge in [-0.1, -0.05) is 12.1 Å². The van der Waals surface area contributed by atoms with Crippen LogP contribution in [0.4, 0.5) is 0 Å². The van der Waals surface area contributed by atoms with Gasteiger partial charge in [0.15, 0.2) is 0 Å². The topological polar surface area (TPSA) is 76.0 Å². The Balaban J connectivity index is 1.88. The zero-order valence-electron chi connectivity index (χ0n) is 16.5. The molecule has 1 aromatic carbocycles. The Labute approximate surface area is 179 Å². The molecule has 8 heteroatoms. The second kappa shape index (κ2) is 11.3. The van der Waals surface area contributed by atoms with Gasteiger partial charge in [-0.05, 0) is 72.8 Å². The number of aromatic nitrogens is 2. The zero-order chi connectivity index (χ0) is 20.5. The molecule has 1 heterocycles. The van der Waals surface area contributed by atoms with Crippen LogP contribution in [-0.4, -0.2) is 46.2 Å². The van der Waals surface area contributed by atoms with Gasteiger partial charge < -0.3 is 10.6 Å². The first-order valence-corrected chi connectivity index (χ1v) is 11.4. The standard InChI is InChI=1S/C20H27BrN4O2S/c1-14-13-15(2)25(24-14)11-6-10-22-20(27)18(9-12-28-3)23-19(26)16-7-4-5-8-17(16)21/h4-5,7-8,13,18H,6,9-12H2,1-3H3,(H,22,27)(H,23,26)/t18-/m1/s1. The predicted molar refractivity (Wildman–Crippen MR) is 118 cm³/mol. The molecule has 28 heavy (non-hydrogen) atoms. The van der Waals surface area contributed by atoms with Crippen molar-refractivity contribution in [2.75, 3.05) is 18.6 Å². The number of carbonyl (C=O) groups excluding carboxylic acids is 2. The Morgan fingerprint density at radius 2 is 2.04 bits per heavy atom. The van der Waals surface area contributed by atoms with Crippen LogP contribution in [0, 0.1) is 13.8 Å². The number of benzene rings is 1. The number of amides is 2. The van der Waals surface area contributed by atoms with Crippen molar-refractivity contribution in [2.24, 2.45) is 0 Å². The Kier molecular flexibility index (Phi) is 9.05. The van der Waals surface area contributed by atoms with Gasteiger partial charge >= 0.3 is 0 Å². The van der Waals surface area contributed by atoms with Crippen LogP contribution in [0.3, 0.4) is 0 Å². The molecule has 0 saturated heterocycles. The molecular weight excluding hydrogens is 440 g/mol. The van der Waals surface area contributed by atoms with Crippen LogP contribution < -0.4 is 10.6 Å². The van der Waals surface area contributed by atoms with Gasteiger partial charge in [0.2, 0.25) is 5.91 Å². The van der Waals surface area contributed by atoms with E-state index >= 15 is 0 Å². The normalized spacial score (nSPS) is 11.9. The monoisotopic (exact) mass is 466 g/mol. The molecule has 152 valence electrons. The number of halogens is 1. The molecule has 0 radical (unpaired) electrons. The molecule has 0 bridgehead atoms. The van der Waals surface area contributed by atoms with Crippen molar-refractivity contribution in [1.29, 1.82) is 0 Å². The highest BCUT2D eigenvalue weighted by Gasteiger charge is 2.21. The lowest BCUT2D eigenvalue weighted by atomic mass is 10.1. The van der Waals surface area contributed by atoms with Crippen LogP contribution in [0.25, 0.3) is 0 Å². The molecular formula is C20H27BrN4O2S. The summed E-state index contributed by atoms with van der Waals surface area (Å²) in [5.74, 6) is 0.388. The molecule has 0 aliphatic carbocycles. The van der Waals surface area contributed by atoms with Crippen LogP contribution in [0.5, 0.6) is 0 Å². The molecule has 0 saturated carbocycles. The molecule has 2 N–H and O–H groups in total. The number of aryl methyl sites for hydroxylation is 3. The van der Waals surface area contributed by atoms with Gasteiger partial charge in [0.05, 0.1) is 11.3 Å². The summed E-state index contributed by atoms with van der Waals surface area (Å²) in [6, 6.07) is 8.68. The summed E-state index contributed by atoms with van der Waals surface area (Å²) in [5, 5.41) is 10.2. The predicted octanol–water partition coefficient (Wildman–Crippen LogP) is 3.32. The van der Waals surface area contributed by atoms with Crippen LogP contribution in [0.15, 0.2) is 34.8 Å². The number of hydrogen-bond acceptors (Lipinski definition) is 4. The second-order valence-corrected chi connectivity index (χ2v) is 8.42. The maximum Gasteiger partial charge on any atom is 0.253 e. The van der Waals surface area contributed by atoms with Crippen molar-refractivity contribution in [3.05, 3.63) is 51.8 Å². The molecule has 2 amide bonds. The Hall–Kier alpha value is -1.80. The first-order valence-electron chi connectivity index (χ1n) is 9.25. The minimum Gasteiger partial charge on any atom is -0.354 e. The third-order valence-electron chi connectivity index (χ3n) is 4.30. The number of nitrogens with one attached hydrogen (secondary N) is 2. The Morgan fingerprint density at radius 3 is 2.68 bits per heavy atom. The van der Waals surface area contributed by atoms with Crippen molar-refractivity contribution in [1.82, 2.24) is 20.4 Å². The lowest BCUT2D eigenvalue weighted by molar-refractivity contribution is -0.123. The van der Waals surface area contributed by atoms with Gasteiger partial charge in [-0.3, -0.25) is 14.3 Å². The molecule has 2 rings (SSSR count). The van der Waals surface area contributed by atoms with Gasteiger partial charge in [-0.15, -0.1) is 0 Å². The second-order valence-electron chi connectivity index (χ2n) is 6.58. The molecule has 0 aliphatic rings. The minimum atomic E-state index is -0.555. The summed E-state index contributed by atoms with van der Waals surface area (Å²) in [6.07, 6.45) is 3.35. The van der Waals surface area contributed by atoms with E-state index in [1.807, 2.05) is 43.0 Å². The highest BCUT2D eigenvalue weighted by molar-refractivity contribution is 9.10. The van der Waals surface area contributed by atoms with E-state index in [-0.39, 0.29) is 11.8 Å². The average molecular weight is 467 g/mol. The minimum absolute atomic E-state index is 0.150. The summed E-state index contributed by atoms with van der Waals surface area (Å²) >= 11 is 5.03. The molecule has 0 unspecified atom stereocenters. The SMILES string of the molecule is CSCC[C@@H](NC(=O)c1ccccc1Br)C(=O)NCCCn1nc(C)cc1C. The van der Waals surface area contributed by atoms with Crippen LogP contribution in [0.2, 0.25) is 0 Å². The summed E-state index contributed by atoms with van der Waals surface area (Å²) < 4.78 is 2.66. The van der Waals surface area contributed by atoms with Gasteiger partial charge in [0.25, 0.3) is 5.91 Å². The third kappa shape index (κ3) is 6.67. The van der Waals surface area contributed by atoms with Gasteiger partial charge in [0.1, 0.15) is 6.04 Å². The van der Waals surface area contributed by atoms with E-state index < -0.39 is 6.04 Å². The lowest BCUT2D eigenvalue weighted by Gasteiger charge is -2.18. The fourth-order valence-electron chi connectivity index (χ4n) is 2.85. The van der Waals surface area contributed by atoms with Crippen molar-refractivity contribution in [3.63, 3.8) is 0 Å². The van der Waals surface area contributed by atoms with Crippen molar-refractivity contribution >= 4 is 39.5 Å². The summed E-state index contributed by atoms with van der Waals surface area (Å²) in [6.45, 7) is 5.28. The zero-order valence-corrected chi connectivity index (χ0v) is 18.9. The maximum absolute atomic E-state index is 12.6. The fourth-order valence-corrected chi connectivity index (χ4v) is 3.79. The van der Waals surface area contributed by atoms with E-state index in [9.17, 15) is 9.59 Å². The molecule has 6 nitrogen and oxygen atoms in total. The van der Waals surface area contributed by atoms with E-state index in [0.29, 0.717) is 23.0 Å². The van der Waals surface area contributed by atoms with E-state index in [0.717, 1.165) is 30.1 Å². The van der Waals surface area contributed by atoms with Gasteiger partial charge in [-0.2, -0.15) is 16.9 Å². The summed E-state index contributed by atoms with van der Waals surface area (Å²) in [7, 11) is 0. The van der Waals surface area contributed by atoms with Gasteiger partial charge in [-0.25, -0.2) is 0 Å².